The van der Waals surface area contributed by atoms with Crippen LogP contribution in [-0.4, -0.2) is 106 Å². The molecule has 2 fully saturated rings. The number of halogens is 3. The van der Waals surface area contributed by atoms with Gasteiger partial charge in [0.2, 0.25) is 0 Å². The van der Waals surface area contributed by atoms with Gasteiger partial charge in [-0.3, -0.25) is 9.45 Å². The van der Waals surface area contributed by atoms with Crippen LogP contribution in [0.15, 0.2) is 33.5 Å². The van der Waals surface area contributed by atoms with Gasteiger partial charge in [-0.15, -0.1) is 0 Å². The van der Waals surface area contributed by atoms with E-state index in [4.69, 9.17) is 35.1 Å². The lowest BCUT2D eigenvalue weighted by molar-refractivity contribution is 0.0322. The van der Waals surface area contributed by atoms with Crippen molar-refractivity contribution in [3.63, 3.8) is 0 Å². The Labute approximate surface area is 244 Å². The van der Waals surface area contributed by atoms with Gasteiger partial charge in [-0.25, -0.2) is 9.97 Å². The molecule has 15 heteroatoms. The van der Waals surface area contributed by atoms with E-state index in [-0.39, 0.29) is 23.9 Å². The minimum Gasteiger partial charge on any atom is -0.490 e. The van der Waals surface area contributed by atoms with Crippen LogP contribution in [0.5, 0.6) is 11.5 Å². The highest BCUT2D eigenvalue weighted by Crippen LogP contribution is 2.29. The number of anilines is 1. The number of morpholine rings is 2. The third-order valence-corrected chi connectivity index (χ3v) is 7.41. The number of rotatable bonds is 10. The second-order valence-electron chi connectivity index (χ2n) is 8.31. The average Bonchev–Trinajstić information content (AvgIpc) is 2.90. The predicted octanol–water partition coefficient (Wildman–Crippen LogP) is 3.55. The van der Waals surface area contributed by atoms with Crippen LogP contribution in [0.1, 0.15) is 6.42 Å². The Morgan fingerprint density at radius 3 is 2.16 bits per heavy atom. The van der Waals surface area contributed by atoms with E-state index in [1.165, 1.54) is 6.20 Å². The molecule has 1 N–H and O–H groups in total. The van der Waals surface area contributed by atoms with Crippen LogP contribution in [0.4, 0.5) is 5.82 Å². The van der Waals surface area contributed by atoms with E-state index >= 15 is 0 Å². The fraction of sp³-hybridized carbons (Fsp3) is 0.565. The summed E-state index contributed by atoms with van der Waals surface area (Å²) in [5, 5.41) is 0.204. The summed E-state index contributed by atoms with van der Waals surface area (Å²) in [7, 11) is -3.93. The Hall–Kier alpha value is -1.26. The normalized spacial score (nSPS) is 16.5. The van der Waals surface area contributed by atoms with Crippen molar-refractivity contribution < 1.29 is 31.9 Å². The molecule has 0 aromatic carbocycles. The lowest BCUT2D eigenvalue weighted by Crippen LogP contribution is -2.39. The Morgan fingerprint density at radius 1 is 0.921 bits per heavy atom. The van der Waals surface area contributed by atoms with Crippen molar-refractivity contribution in [2.75, 3.05) is 83.0 Å². The molecule has 0 bridgehead atoms. The van der Waals surface area contributed by atoms with Crippen molar-refractivity contribution in [2.45, 2.75) is 6.42 Å². The number of hydrogen-bond donors (Lipinski definition) is 1. The van der Waals surface area contributed by atoms with Crippen molar-refractivity contribution in [1.82, 2.24) is 14.9 Å². The second-order valence-corrected chi connectivity index (χ2v) is 12.1. The van der Waals surface area contributed by atoms with E-state index in [0.29, 0.717) is 16.8 Å². The molecular weight excluding hydrogens is 672 g/mol. The number of nitrogens with zero attached hydrogens (tertiary/aromatic N) is 4. The average molecular weight is 703 g/mol. The number of ether oxygens (including phenoxy) is 4. The van der Waals surface area contributed by atoms with Crippen LogP contribution in [0, 0.1) is 0 Å². The molecule has 0 amide bonds. The fourth-order valence-corrected chi connectivity index (χ4v) is 4.83. The molecule has 2 aliphatic rings. The summed E-state index contributed by atoms with van der Waals surface area (Å²) in [4.78, 5) is 13.0. The molecule has 0 unspecified atom stereocenters. The highest BCUT2D eigenvalue weighted by Gasteiger charge is 2.18. The lowest BCUT2D eigenvalue weighted by Gasteiger charge is -2.30. The van der Waals surface area contributed by atoms with Crippen LogP contribution < -0.4 is 14.4 Å². The Balaban J connectivity index is 0.000000223. The quantitative estimate of drug-likeness (QED) is 0.222. The van der Waals surface area contributed by atoms with Crippen LogP contribution >= 0.6 is 43.5 Å². The van der Waals surface area contributed by atoms with E-state index in [1.807, 2.05) is 12.3 Å². The van der Waals surface area contributed by atoms with Crippen molar-refractivity contribution in [3.8, 4) is 11.5 Å². The van der Waals surface area contributed by atoms with Gasteiger partial charge in [-0.1, -0.05) is 11.6 Å². The van der Waals surface area contributed by atoms with Crippen molar-refractivity contribution in [2.24, 2.45) is 0 Å². The third kappa shape index (κ3) is 11.5. The van der Waals surface area contributed by atoms with Crippen molar-refractivity contribution in [1.29, 1.82) is 0 Å². The highest BCUT2D eigenvalue weighted by molar-refractivity contribution is 9.10. The van der Waals surface area contributed by atoms with E-state index in [1.54, 1.807) is 6.07 Å². The van der Waals surface area contributed by atoms with Crippen LogP contribution in [0.25, 0.3) is 0 Å². The van der Waals surface area contributed by atoms with Gasteiger partial charge in [0, 0.05) is 54.1 Å². The van der Waals surface area contributed by atoms with Gasteiger partial charge in [-0.05, 0) is 50.4 Å². The molecule has 0 atom stereocenters. The van der Waals surface area contributed by atoms with Gasteiger partial charge < -0.3 is 23.8 Å². The molecular formula is C23H31Br2ClN4O7S. The maximum atomic E-state index is 10.4. The van der Waals surface area contributed by atoms with E-state index in [2.05, 4.69) is 51.6 Å². The summed E-state index contributed by atoms with van der Waals surface area (Å²) in [5.74, 6) is 1.77. The summed E-state index contributed by atoms with van der Waals surface area (Å²) in [6.07, 6.45) is 3.52. The van der Waals surface area contributed by atoms with Gasteiger partial charge in [0.05, 0.1) is 38.8 Å². The molecule has 0 radical (unpaired) electrons. The molecule has 0 saturated carbocycles. The predicted molar refractivity (Wildman–Crippen MR) is 151 cm³/mol. The molecule has 2 saturated heterocycles. The largest absolute Gasteiger partial charge is 0.490 e. The zero-order valence-corrected chi connectivity index (χ0v) is 25.5. The van der Waals surface area contributed by atoms with E-state index in [9.17, 15) is 8.42 Å². The molecule has 0 spiro atoms. The van der Waals surface area contributed by atoms with Crippen LogP contribution in [0.2, 0.25) is 5.15 Å². The first kappa shape index (κ1) is 31.3. The summed E-state index contributed by atoms with van der Waals surface area (Å²) < 4.78 is 53.0. The zero-order valence-electron chi connectivity index (χ0n) is 20.7. The Kier molecular flexibility index (Phi) is 13.3. The molecule has 2 aliphatic heterocycles. The molecule has 38 heavy (non-hydrogen) atoms. The highest BCUT2D eigenvalue weighted by atomic mass is 79.9. The smallest absolute Gasteiger partial charge is 0.264 e. The summed E-state index contributed by atoms with van der Waals surface area (Å²) in [6, 6.07) is 3.62. The first-order valence-corrected chi connectivity index (χ1v) is 15.6. The Bertz CT molecular complexity index is 1120. The van der Waals surface area contributed by atoms with Crippen LogP contribution in [0.3, 0.4) is 0 Å². The first-order valence-electron chi connectivity index (χ1n) is 12.0. The lowest BCUT2D eigenvalue weighted by atomic mass is 10.3. The monoisotopic (exact) mass is 700 g/mol. The standard InChI is InChI=1S/C15H22BrN3O3.C8H9BrClNO4S/c16-13-11-14(22-10-3-18-1-6-20-7-2-18)15(17-12-13)19-4-8-21-9-5-19;9-6-4-7(8(10)11-5-6)15-2-1-3-16(12,13)14/h11-12H,1-10H2;4-5H,1-3H2,(H,12,13,14). The minimum absolute atomic E-state index is 0.137. The summed E-state index contributed by atoms with van der Waals surface area (Å²) in [5.41, 5.74) is 0. The maximum Gasteiger partial charge on any atom is 0.264 e. The van der Waals surface area contributed by atoms with Gasteiger partial charge in [0.1, 0.15) is 6.61 Å². The molecule has 4 rings (SSSR count). The topological polar surface area (TPSA) is 124 Å². The third-order valence-electron chi connectivity index (χ3n) is 5.46. The van der Waals surface area contributed by atoms with Crippen molar-refractivity contribution >= 4 is 59.4 Å². The molecule has 4 heterocycles. The molecule has 2 aromatic rings. The molecule has 212 valence electrons. The van der Waals surface area contributed by atoms with Gasteiger partial charge in [-0.2, -0.15) is 8.42 Å². The minimum atomic E-state index is -3.93. The maximum absolute atomic E-state index is 10.4. The van der Waals surface area contributed by atoms with Crippen LogP contribution in [-0.2, 0) is 19.6 Å². The first-order chi connectivity index (χ1) is 18.2. The number of pyridine rings is 2. The Morgan fingerprint density at radius 2 is 1.50 bits per heavy atom. The number of aromatic nitrogens is 2. The fourth-order valence-electron chi connectivity index (χ4n) is 3.57. The molecule has 0 aliphatic carbocycles. The molecule has 2 aromatic heterocycles. The summed E-state index contributed by atoms with van der Waals surface area (Å²) in [6.45, 7) is 8.51. The SMILES string of the molecule is Brc1cnc(N2CCOCC2)c(OCCN2CCOCC2)c1.O=S(=O)(O)CCCOc1cc(Br)cnc1Cl. The number of hydrogen-bond acceptors (Lipinski definition) is 10. The second kappa shape index (κ2) is 16.1. The van der Waals surface area contributed by atoms with Gasteiger partial charge >= 0.3 is 0 Å². The van der Waals surface area contributed by atoms with E-state index in [0.717, 1.165) is 75.2 Å². The van der Waals surface area contributed by atoms with Crippen molar-refractivity contribution in [3.05, 3.63) is 38.6 Å². The van der Waals surface area contributed by atoms with Gasteiger partial charge in [0.15, 0.2) is 22.5 Å². The summed E-state index contributed by atoms with van der Waals surface area (Å²) >= 11 is 12.4. The van der Waals surface area contributed by atoms with E-state index < -0.39 is 10.1 Å². The molecule has 11 nitrogen and oxygen atoms in total. The zero-order chi connectivity index (χ0) is 27.4. The van der Waals surface area contributed by atoms with Gasteiger partial charge in [0.25, 0.3) is 10.1 Å².